The standard InChI is InChI=1S/C17H21BrN4O/c1-21-10-13(12-6-4-3-5-7-12)8-14(11-21)20-15-9-19-22(2)17(23)16(15)18/h3-7,9,13-14,20H,8,10-11H2,1-2H3/t13-,14+/m1/s1. The first-order valence-corrected chi connectivity index (χ1v) is 8.55. The molecule has 23 heavy (non-hydrogen) atoms. The summed E-state index contributed by atoms with van der Waals surface area (Å²) in [5.41, 5.74) is 2.01. The van der Waals surface area contributed by atoms with Crippen LogP contribution in [0.3, 0.4) is 0 Å². The molecule has 2 atom stereocenters. The number of aryl methyl sites for hydroxylation is 1. The van der Waals surface area contributed by atoms with Crippen molar-refractivity contribution in [2.45, 2.75) is 18.4 Å². The molecule has 1 fully saturated rings. The van der Waals surface area contributed by atoms with Crippen molar-refractivity contribution in [2.24, 2.45) is 7.05 Å². The summed E-state index contributed by atoms with van der Waals surface area (Å²) in [6, 6.07) is 10.9. The van der Waals surface area contributed by atoms with Gasteiger partial charge in [0.2, 0.25) is 0 Å². The van der Waals surface area contributed by atoms with Crippen LogP contribution >= 0.6 is 15.9 Å². The van der Waals surface area contributed by atoms with Crippen LogP contribution in [0.5, 0.6) is 0 Å². The Morgan fingerprint density at radius 2 is 1.96 bits per heavy atom. The van der Waals surface area contributed by atoms with Gasteiger partial charge in [-0.1, -0.05) is 30.3 Å². The fraction of sp³-hybridized carbons (Fsp3) is 0.412. The number of likely N-dealkylation sites (tertiary alicyclic amines) is 1. The van der Waals surface area contributed by atoms with E-state index in [1.807, 2.05) is 6.07 Å². The second-order valence-corrected chi connectivity index (χ2v) is 7.00. The lowest BCUT2D eigenvalue weighted by molar-refractivity contribution is 0.235. The average Bonchev–Trinajstić information content (AvgIpc) is 2.56. The molecule has 1 saturated heterocycles. The zero-order valence-electron chi connectivity index (χ0n) is 13.4. The van der Waals surface area contributed by atoms with Gasteiger partial charge in [-0.2, -0.15) is 5.10 Å². The summed E-state index contributed by atoms with van der Waals surface area (Å²) >= 11 is 3.38. The van der Waals surface area contributed by atoms with Gasteiger partial charge in [-0.15, -0.1) is 0 Å². The third kappa shape index (κ3) is 3.64. The number of nitrogens with zero attached hydrogens (tertiary/aromatic N) is 3. The SMILES string of the molecule is CN1C[C@@H](Nc2cnn(C)c(=O)c2Br)C[C@@H](c2ccccc2)C1. The van der Waals surface area contributed by atoms with E-state index in [0.717, 1.165) is 25.2 Å². The van der Waals surface area contributed by atoms with E-state index in [4.69, 9.17) is 0 Å². The molecule has 2 aromatic rings. The molecular weight excluding hydrogens is 356 g/mol. The molecule has 0 unspecified atom stereocenters. The first-order chi connectivity index (χ1) is 11.0. The summed E-state index contributed by atoms with van der Waals surface area (Å²) in [7, 11) is 3.79. The quantitative estimate of drug-likeness (QED) is 0.893. The number of hydrogen-bond donors (Lipinski definition) is 1. The van der Waals surface area contributed by atoms with Gasteiger partial charge in [0.25, 0.3) is 5.56 Å². The molecule has 0 saturated carbocycles. The van der Waals surface area contributed by atoms with Gasteiger partial charge in [-0.25, -0.2) is 4.68 Å². The summed E-state index contributed by atoms with van der Waals surface area (Å²) in [6.07, 6.45) is 2.74. The fourth-order valence-electron chi connectivity index (χ4n) is 3.22. The van der Waals surface area contributed by atoms with Gasteiger partial charge in [0, 0.05) is 26.2 Å². The molecule has 0 amide bonds. The van der Waals surface area contributed by atoms with E-state index in [2.05, 4.69) is 62.6 Å². The molecule has 5 nitrogen and oxygen atoms in total. The number of benzene rings is 1. The Kier molecular flexibility index (Phi) is 4.82. The van der Waals surface area contributed by atoms with Crippen molar-refractivity contribution < 1.29 is 0 Å². The van der Waals surface area contributed by atoms with Crippen molar-refractivity contribution in [1.29, 1.82) is 0 Å². The number of aromatic nitrogens is 2. The fourth-order valence-corrected chi connectivity index (χ4v) is 3.70. The first kappa shape index (κ1) is 16.2. The van der Waals surface area contributed by atoms with Crippen LogP contribution in [0, 0.1) is 0 Å². The Labute approximate surface area is 144 Å². The highest BCUT2D eigenvalue weighted by atomic mass is 79.9. The lowest BCUT2D eigenvalue weighted by Gasteiger charge is -2.36. The Hall–Kier alpha value is -1.66. The second-order valence-electron chi connectivity index (χ2n) is 6.21. The van der Waals surface area contributed by atoms with Crippen LogP contribution in [0.1, 0.15) is 17.9 Å². The summed E-state index contributed by atoms with van der Waals surface area (Å²) in [6.45, 7) is 2.00. The maximum Gasteiger partial charge on any atom is 0.282 e. The summed E-state index contributed by atoms with van der Waals surface area (Å²) in [5.74, 6) is 0.491. The number of rotatable bonds is 3. The topological polar surface area (TPSA) is 50.2 Å². The van der Waals surface area contributed by atoms with Crippen LogP contribution in [-0.2, 0) is 7.05 Å². The number of halogens is 1. The molecule has 1 aliphatic heterocycles. The van der Waals surface area contributed by atoms with Crippen LogP contribution in [0.15, 0.2) is 45.8 Å². The highest BCUT2D eigenvalue weighted by Gasteiger charge is 2.27. The van der Waals surface area contributed by atoms with Gasteiger partial charge in [0.05, 0.1) is 11.9 Å². The molecule has 6 heteroatoms. The second kappa shape index (κ2) is 6.84. The molecule has 1 aliphatic rings. The van der Waals surface area contributed by atoms with Crippen LogP contribution in [0.2, 0.25) is 0 Å². The molecule has 0 spiro atoms. The van der Waals surface area contributed by atoms with Crippen LogP contribution < -0.4 is 10.9 Å². The maximum absolute atomic E-state index is 12.0. The zero-order chi connectivity index (χ0) is 16.4. The molecule has 122 valence electrons. The van der Waals surface area contributed by atoms with Crippen LogP contribution in [0.4, 0.5) is 5.69 Å². The molecule has 0 radical (unpaired) electrons. The van der Waals surface area contributed by atoms with Gasteiger partial charge in [0.15, 0.2) is 0 Å². The average molecular weight is 377 g/mol. The third-order valence-corrected chi connectivity index (χ3v) is 5.11. The Morgan fingerprint density at radius 1 is 1.22 bits per heavy atom. The Balaban J connectivity index is 1.78. The number of nitrogens with one attached hydrogen (secondary N) is 1. The van der Waals surface area contributed by atoms with Gasteiger partial charge in [-0.3, -0.25) is 4.79 Å². The van der Waals surface area contributed by atoms with Crippen LogP contribution in [0.25, 0.3) is 0 Å². The molecular formula is C17H21BrN4O. The monoisotopic (exact) mass is 376 g/mol. The van der Waals surface area contributed by atoms with Crippen molar-refractivity contribution in [3.05, 3.63) is 56.9 Å². The number of hydrogen-bond acceptors (Lipinski definition) is 4. The molecule has 1 N–H and O–H groups in total. The summed E-state index contributed by atoms with van der Waals surface area (Å²) in [4.78, 5) is 14.3. The predicted molar refractivity (Wildman–Crippen MR) is 95.9 cm³/mol. The molecule has 0 aliphatic carbocycles. The number of anilines is 1. The lowest BCUT2D eigenvalue weighted by atomic mass is 9.88. The van der Waals surface area contributed by atoms with Crippen molar-refractivity contribution in [3.63, 3.8) is 0 Å². The minimum atomic E-state index is -0.126. The zero-order valence-corrected chi connectivity index (χ0v) is 15.0. The first-order valence-electron chi connectivity index (χ1n) is 7.76. The largest absolute Gasteiger partial charge is 0.379 e. The van der Waals surface area contributed by atoms with E-state index >= 15 is 0 Å². The third-order valence-electron chi connectivity index (χ3n) is 4.34. The van der Waals surface area contributed by atoms with Crippen molar-refractivity contribution in [1.82, 2.24) is 14.7 Å². The van der Waals surface area contributed by atoms with E-state index in [1.165, 1.54) is 10.2 Å². The van der Waals surface area contributed by atoms with Crippen molar-refractivity contribution in [3.8, 4) is 0 Å². The molecule has 0 bridgehead atoms. The number of likely N-dealkylation sites (N-methyl/N-ethyl adjacent to an activating group) is 1. The van der Waals surface area contributed by atoms with E-state index in [-0.39, 0.29) is 11.6 Å². The van der Waals surface area contributed by atoms with Gasteiger partial charge in [-0.05, 0) is 40.9 Å². The van der Waals surface area contributed by atoms with Gasteiger partial charge >= 0.3 is 0 Å². The van der Waals surface area contributed by atoms with E-state index in [1.54, 1.807) is 13.2 Å². The predicted octanol–water partition coefficient (Wildman–Crippen LogP) is 2.44. The minimum Gasteiger partial charge on any atom is -0.379 e. The molecule has 2 heterocycles. The smallest absolute Gasteiger partial charge is 0.282 e. The van der Waals surface area contributed by atoms with Gasteiger partial charge in [0.1, 0.15) is 4.47 Å². The summed E-state index contributed by atoms with van der Waals surface area (Å²) in [5, 5.41) is 7.58. The van der Waals surface area contributed by atoms with E-state index in [0.29, 0.717) is 10.4 Å². The highest BCUT2D eigenvalue weighted by Crippen LogP contribution is 2.28. The lowest BCUT2D eigenvalue weighted by Crippen LogP contribution is -2.43. The van der Waals surface area contributed by atoms with Crippen molar-refractivity contribution >= 4 is 21.6 Å². The molecule has 1 aromatic heterocycles. The minimum absolute atomic E-state index is 0.126. The van der Waals surface area contributed by atoms with E-state index < -0.39 is 0 Å². The molecule has 1 aromatic carbocycles. The Morgan fingerprint density at radius 3 is 2.70 bits per heavy atom. The number of piperidine rings is 1. The van der Waals surface area contributed by atoms with Crippen molar-refractivity contribution in [2.75, 3.05) is 25.5 Å². The van der Waals surface area contributed by atoms with Crippen LogP contribution in [-0.4, -0.2) is 40.9 Å². The Bertz CT molecular complexity index is 731. The van der Waals surface area contributed by atoms with Gasteiger partial charge < -0.3 is 10.2 Å². The molecule has 3 rings (SSSR count). The highest BCUT2D eigenvalue weighted by molar-refractivity contribution is 9.10. The summed E-state index contributed by atoms with van der Waals surface area (Å²) < 4.78 is 1.87. The maximum atomic E-state index is 12.0. The van der Waals surface area contributed by atoms with E-state index in [9.17, 15) is 4.79 Å². The normalized spacial score (nSPS) is 22.0.